The van der Waals surface area contributed by atoms with Gasteiger partial charge in [0.1, 0.15) is 0 Å². The van der Waals surface area contributed by atoms with Gasteiger partial charge in [0.2, 0.25) is 0 Å². The Hall–Kier alpha value is -0.540. The molecule has 3 heteroatoms. The zero-order chi connectivity index (χ0) is 14.7. The van der Waals surface area contributed by atoms with Gasteiger partial charge >= 0.3 is 0 Å². The van der Waals surface area contributed by atoms with Crippen molar-refractivity contribution in [2.24, 2.45) is 5.92 Å². The zero-order valence-corrected chi connectivity index (χ0v) is 14.7. The minimum Gasteiger partial charge on any atom is -0.368 e. The topological polar surface area (TPSA) is 15.3 Å². The molecule has 0 bridgehead atoms. The van der Waals surface area contributed by atoms with Gasteiger partial charge in [-0.2, -0.15) is 0 Å². The molecule has 0 aromatic heterocycles. The van der Waals surface area contributed by atoms with Crippen LogP contribution in [-0.4, -0.2) is 19.1 Å². The zero-order valence-electron chi connectivity index (χ0n) is 13.1. The molecule has 1 N–H and O–H groups in total. The number of fused-ring (bicyclic) bond motifs is 1. The maximum absolute atomic E-state index is 3.63. The smallest absolute Gasteiger partial charge is 0.0415 e. The second-order valence-corrected chi connectivity index (χ2v) is 7.42. The normalized spacial score (nSPS) is 25.7. The van der Waals surface area contributed by atoms with Crippen LogP contribution >= 0.6 is 15.9 Å². The third-order valence-corrected chi connectivity index (χ3v) is 5.65. The molecule has 1 saturated carbocycles. The Morgan fingerprint density at radius 3 is 2.86 bits per heavy atom. The van der Waals surface area contributed by atoms with E-state index in [1.165, 1.54) is 60.8 Å². The van der Waals surface area contributed by atoms with E-state index in [0.717, 1.165) is 25.0 Å². The summed E-state index contributed by atoms with van der Waals surface area (Å²) in [6.45, 7) is 5.41. The lowest BCUT2D eigenvalue weighted by molar-refractivity contribution is 0.243. The summed E-state index contributed by atoms with van der Waals surface area (Å²) in [6, 6.07) is 7.61. The molecule has 1 heterocycles. The largest absolute Gasteiger partial charge is 0.368 e. The van der Waals surface area contributed by atoms with Crippen molar-refractivity contribution in [2.45, 2.75) is 58.0 Å². The fourth-order valence-electron chi connectivity index (χ4n) is 4.16. The molecule has 2 nitrogen and oxygen atoms in total. The van der Waals surface area contributed by atoms with E-state index in [4.69, 9.17) is 0 Å². The van der Waals surface area contributed by atoms with E-state index in [2.05, 4.69) is 51.3 Å². The molecule has 1 aromatic rings. The first-order valence-corrected chi connectivity index (χ1v) is 9.34. The lowest BCUT2D eigenvalue weighted by atomic mass is 9.78. The van der Waals surface area contributed by atoms with Crippen LogP contribution in [0.1, 0.15) is 51.0 Å². The molecule has 2 aliphatic rings. The summed E-state index contributed by atoms with van der Waals surface area (Å²) < 4.78 is 1.19. The maximum Gasteiger partial charge on any atom is 0.0415 e. The van der Waals surface area contributed by atoms with E-state index >= 15 is 0 Å². The third-order valence-electron chi connectivity index (χ3n) is 5.16. The molecule has 1 saturated heterocycles. The summed E-state index contributed by atoms with van der Waals surface area (Å²) in [7, 11) is 0. The summed E-state index contributed by atoms with van der Waals surface area (Å²) in [5.74, 6) is 0.933. The SMILES string of the molecule is CCNCc1cc(Br)ccc1N1CCC[C@H]2CCCC[C@H]21. The van der Waals surface area contributed by atoms with E-state index in [0.29, 0.717) is 0 Å². The van der Waals surface area contributed by atoms with Crippen molar-refractivity contribution in [1.29, 1.82) is 0 Å². The molecule has 1 aliphatic heterocycles. The summed E-state index contributed by atoms with van der Waals surface area (Å²) >= 11 is 3.63. The van der Waals surface area contributed by atoms with Crippen molar-refractivity contribution < 1.29 is 0 Å². The van der Waals surface area contributed by atoms with Crippen LogP contribution in [0.25, 0.3) is 0 Å². The van der Waals surface area contributed by atoms with Crippen molar-refractivity contribution in [3.8, 4) is 0 Å². The number of halogens is 1. The molecular weight excluding hydrogens is 324 g/mol. The van der Waals surface area contributed by atoms with E-state index < -0.39 is 0 Å². The van der Waals surface area contributed by atoms with Crippen LogP contribution in [0.2, 0.25) is 0 Å². The summed E-state index contributed by atoms with van der Waals surface area (Å²) in [5.41, 5.74) is 2.91. The van der Waals surface area contributed by atoms with Crippen LogP contribution in [0.15, 0.2) is 22.7 Å². The Morgan fingerprint density at radius 1 is 1.19 bits per heavy atom. The van der Waals surface area contributed by atoms with Crippen LogP contribution < -0.4 is 10.2 Å². The molecule has 116 valence electrons. The highest BCUT2D eigenvalue weighted by molar-refractivity contribution is 9.10. The van der Waals surface area contributed by atoms with Gasteiger partial charge in [-0.3, -0.25) is 0 Å². The number of rotatable bonds is 4. The first-order valence-electron chi connectivity index (χ1n) is 8.55. The number of anilines is 1. The standard InChI is InChI=1S/C18H27BrN2/c1-2-20-13-15-12-16(19)9-10-18(15)21-11-5-7-14-6-3-4-8-17(14)21/h9-10,12,14,17,20H,2-8,11,13H2,1H3/t14-,17-/m1/s1. The highest BCUT2D eigenvalue weighted by atomic mass is 79.9. The average molecular weight is 351 g/mol. The van der Waals surface area contributed by atoms with Crippen LogP contribution in [0, 0.1) is 5.92 Å². The minimum atomic E-state index is 0.786. The van der Waals surface area contributed by atoms with Gasteiger partial charge in [-0.15, -0.1) is 0 Å². The first-order chi connectivity index (χ1) is 10.3. The molecule has 0 spiro atoms. The quantitative estimate of drug-likeness (QED) is 0.845. The van der Waals surface area contributed by atoms with Crippen LogP contribution in [0.3, 0.4) is 0 Å². The van der Waals surface area contributed by atoms with Crippen molar-refractivity contribution in [3.63, 3.8) is 0 Å². The van der Waals surface area contributed by atoms with Crippen molar-refractivity contribution in [3.05, 3.63) is 28.2 Å². The Labute approximate surface area is 137 Å². The maximum atomic E-state index is 3.63. The number of hydrogen-bond donors (Lipinski definition) is 1. The molecule has 0 radical (unpaired) electrons. The highest BCUT2D eigenvalue weighted by Crippen LogP contribution is 2.39. The fraction of sp³-hybridized carbons (Fsp3) is 0.667. The summed E-state index contributed by atoms with van der Waals surface area (Å²) in [4.78, 5) is 2.73. The molecular formula is C18H27BrN2. The molecule has 0 amide bonds. The molecule has 2 atom stereocenters. The molecule has 1 aromatic carbocycles. The Bertz CT molecular complexity index is 472. The van der Waals surface area contributed by atoms with E-state index in [1.807, 2.05) is 0 Å². The summed E-state index contributed by atoms with van der Waals surface area (Å²) in [6.07, 6.45) is 8.50. The Morgan fingerprint density at radius 2 is 2.00 bits per heavy atom. The van der Waals surface area contributed by atoms with Gasteiger partial charge in [0, 0.05) is 29.3 Å². The van der Waals surface area contributed by atoms with Gasteiger partial charge < -0.3 is 10.2 Å². The lowest BCUT2D eigenvalue weighted by Crippen LogP contribution is -2.47. The molecule has 3 rings (SSSR count). The molecule has 0 unspecified atom stereocenters. The first kappa shape index (κ1) is 15.4. The van der Waals surface area contributed by atoms with Crippen LogP contribution in [0.4, 0.5) is 5.69 Å². The van der Waals surface area contributed by atoms with E-state index in [9.17, 15) is 0 Å². The van der Waals surface area contributed by atoms with Crippen LogP contribution in [-0.2, 0) is 6.54 Å². The van der Waals surface area contributed by atoms with Crippen molar-refractivity contribution >= 4 is 21.6 Å². The highest BCUT2D eigenvalue weighted by Gasteiger charge is 2.33. The second-order valence-electron chi connectivity index (χ2n) is 6.50. The van der Waals surface area contributed by atoms with E-state index in [-0.39, 0.29) is 0 Å². The van der Waals surface area contributed by atoms with Gasteiger partial charge in [-0.05, 0) is 61.9 Å². The van der Waals surface area contributed by atoms with E-state index in [1.54, 1.807) is 0 Å². The minimum absolute atomic E-state index is 0.786. The van der Waals surface area contributed by atoms with Crippen molar-refractivity contribution in [2.75, 3.05) is 18.0 Å². The van der Waals surface area contributed by atoms with Crippen molar-refractivity contribution in [1.82, 2.24) is 5.32 Å². The summed E-state index contributed by atoms with van der Waals surface area (Å²) in [5, 5.41) is 3.50. The number of nitrogens with zero attached hydrogens (tertiary/aromatic N) is 1. The van der Waals surface area contributed by atoms with Gasteiger partial charge in [-0.1, -0.05) is 35.7 Å². The fourth-order valence-corrected chi connectivity index (χ4v) is 4.57. The Kier molecular flexibility index (Phi) is 5.23. The third kappa shape index (κ3) is 3.45. The number of benzene rings is 1. The predicted molar refractivity (Wildman–Crippen MR) is 93.8 cm³/mol. The van der Waals surface area contributed by atoms with Gasteiger partial charge in [-0.25, -0.2) is 0 Å². The number of piperidine rings is 1. The molecule has 21 heavy (non-hydrogen) atoms. The Balaban J connectivity index is 1.87. The second kappa shape index (κ2) is 7.15. The average Bonchev–Trinajstić information content (AvgIpc) is 2.52. The number of nitrogens with one attached hydrogen (secondary N) is 1. The molecule has 1 aliphatic carbocycles. The van der Waals surface area contributed by atoms with Crippen LogP contribution in [0.5, 0.6) is 0 Å². The number of hydrogen-bond acceptors (Lipinski definition) is 2. The molecule has 2 fully saturated rings. The van der Waals surface area contributed by atoms with Gasteiger partial charge in [0.15, 0.2) is 0 Å². The monoisotopic (exact) mass is 350 g/mol. The van der Waals surface area contributed by atoms with Gasteiger partial charge in [0.25, 0.3) is 0 Å². The van der Waals surface area contributed by atoms with Gasteiger partial charge in [0.05, 0.1) is 0 Å². The predicted octanol–water partition coefficient (Wildman–Crippen LogP) is 4.72. The lowest BCUT2D eigenvalue weighted by Gasteiger charge is -2.46.